The maximum absolute atomic E-state index is 13.1. The fourth-order valence-electron chi connectivity index (χ4n) is 2.07. The van der Waals surface area contributed by atoms with Crippen molar-refractivity contribution < 1.29 is 27.2 Å². The summed E-state index contributed by atoms with van der Waals surface area (Å²) in [7, 11) is 0.913. The summed E-state index contributed by atoms with van der Waals surface area (Å²) in [5.74, 6) is -3.27. The van der Waals surface area contributed by atoms with E-state index in [4.69, 9.17) is 0 Å². The molecule has 0 fully saturated rings. The number of halogens is 4. The molecule has 0 aromatic carbocycles. The quantitative estimate of drug-likeness (QED) is 0.645. The van der Waals surface area contributed by atoms with E-state index in [-0.39, 0.29) is 5.56 Å². The van der Waals surface area contributed by atoms with Gasteiger partial charge in [0, 0.05) is 25.0 Å². The molecule has 0 aliphatic heterocycles. The zero-order valence-corrected chi connectivity index (χ0v) is 11.7. The molecule has 118 valence electrons. The van der Waals surface area contributed by atoms with E-state index in [0.717, 1.165) is 19.3 Å². The number of hydrogen-bond acceptors (Lipinski definition) is 2. The predicted octanol–water partition coefficient (Wildman–Crippen LogP) is 2.67. The third kappa shape index (κ3) is 2.81. The number of amides is 1. The van der Waals surface area contributed by atoms with Crippen molar-refractivity contribution in [1.29, 1.82) is 0 Å². The lowest BCUT2D eigenvalue weighted by atomic mass is 10.1. The first-order valence-electron chi connectivity index (χ1n) is 6.27. The molecule has 2 rings (SSSR count). The van der Waals surface area contributed by atoms with Gasteiger partial charge in [0.1, 0.15) is 5.82 Å². The van der Waals surface area contributed by atoms with Gasteiger partial charge in [0.05, 0.1) is 11.6 Å². The van der Waals surface area contributed by atoms with Gasteiger partial charge in [-0.15, -0.1) is 0 Å². The van der Waals surface area contributed by atoms with Crippen LogP contribution in [-0.2, 0) is 4.79 Å². The molecule has 1 amide bonds. The summed E-state index contributed by atoms with van der Waals surface area (Å²) in [6.07, 6.45) is -2.49. The summed E-state index contributed by atoms with van der Waals surface area (Å²) in [4.78, 5) is 23.8. The van der Waals surface area contributed by atoms with Gasteiger partial charge in [0.15, 0.2) is 5.78 Å². The van der Waals surface area contributed by atoms with E-state index < -0.39 is 29.7 Å². The molecule has 2 heterocycles. The molecule has 0 aliphatic carbocycles. The largest absolute Gasteiger partial charge is 0.471 e. The van der Waals surface area contributed by atoms with Gasteiger partial charge in [-0.2, -0.15) is 13.2 Å². The van der Waals surface area contributed by atoms with Crippen LogP contribution in [0, 0.1) is 5.82 Å². The topological polar surface area (TPSA) is 41.8 Å². The number of fused-ring (bicyclic) bond motifs is 1. The first-order chi connectivity index (χ1) is 10.1. The average Bonchev–Trinajstić information content (AvgIpc) is 2.85. The number of carbonyl (C=O) groups is 2. The van der Waals surface area contributed by atoms with E-state index in [2.05, 4.69) is 0 Å². The average molecular weight is 316 g/mol. The van der Waals surface area contributed by atoms with Crippen LogP contribution in [0.2, 0.25) is 0 Å². The van der Waals surface area contributed by atoms with Crippen LogP contribution < -0.4 is 0 Å². The Morgan fingerprint density at radius 2 is 1.86 bits per heavy atom. The number of rotatable bonds is 3. The summed E-state index contributed by atoms with van der Waals surface area (Å²) in [6.45, 7) is 1.21. The summed E-state index contributed by atoms with van der Waals surface area (Å²) < 4.78 is 51.7. The van der Waals surface area contributed by atoms with E-state index in [0.29, 0.717) is 10.4 Å². The van der Waals surface area contributed by atoms with E-state index in [1.54, 1.807) is 0 Å². The highest BCUT2D eigenvalue weighted by Crippen LogP contribution is 2.22. The number of pyridine rings is 1. The van der Waals surface area contributed by atoms with Crippen LogP contribution in [0.5, 0.6) is 0 Å². The zero-order valence-electron chi connectivity index (χ0n) is 11.7. The van der Waals surface area contributed by atoms with Crippen LogP contribution in [0.3, 0.4) is 0 Å². The van der Waals surface area contributed by atoms with Gasteiger partial charge in [0.25, 0.3) is 0 Å². The molecule has 2 aromatic heterocycles. The number of carbonyl (C=O) groups excluding carboxylic acids is 2. The molecule has 0 radical (unpaired) electrons. The van der Waals surface area contributed by atoms with Crippen molar-refractivity contribution in [3.05, 3.63) is 42.0 Å². The number of alkyl halides is 3. The van der Waals surface area contributed by atoms with Gasteiger partial charge in [-0.1, -0.05) is 0 Å². The Kier molecular flexibility index (Phi) is 3.95. The second kappa shape index (κ2) is 5.43. The summed E-state index contributed by atoms with van der Waals surface area (Å²) in [6, 6.07) is 2.56. The molecule has 22 heavy (non-hydrogen) atoms. The van der Waals surface area contributed by atoms with Crippen molar-refractivity contribution in [2.45, 2.75) is 19.1 Å². The molecule has 8 heteroatoms. The fraction of sp³-hybridized carbons (Fsp3) is 0.286. The lowest BCUT2D eigenvalue weighted by molar-refractivity contribution is -0.185. The Morgan fingerprint density at radius 3 is 2.45 bits per heavy atom. The van der Waals surface area contributed by atoms with Gasteiger partial charge >= 0.3 is 12.1 Å². The van der Waals surface area contributed by atoms with Crippen molar-refractivity contribution >= 4 is 17.2 Å². The Balaban J connectivity index is 2.32. The number of Topliss-reactive ketones (excluding diaryl/α,β-unsaturated/α-hetero) is 1. The third-order valence-electron chi connectivity index (χ3n) is 3.41. The molecule has 0 saturated carbocycles. The summed E-state index contributed by atoms with van der Waals surface area (Å²) >= 11 is 0. The highest BCUT2D eigenvalue weighted by atomic mass is 19.4. The zero-order chi connectivity index (χ0) is 16.7. The molecule has 4 nitrogen and oxygen atoms in total. The third-order valence-corrected chi connectivity index (χ3v) is 3.41. The molecular weight excluding hydrogens is 304 g/mol. The van der Waals surface area contributed by atoms with Crippen molar-refractivity contribution in [2.24, 2.45) is 0 Å². The number of nitrogens with zero attached hydrogens (tertiary/aromatic N) is 2. The first-order valence-corrected chi connectivity index (χ1v) is 6.27. The monoisotopic (exact) mass is 316 g/mol. The number of ketones is 1. The smallest absolute Gasteiger partial charge is 0.328 e. The highest BCUT2D eigenvalue weighted by molar-refractivity contribution is 6.07. The van der Waals surface area contributed by atoms with Gasteiger partial charge in [-0.05, 0) is 25.1 Å². The summed E-state index contributed by atoms with van der Waals surface area (Å²) in [5, 5.41) is 0. The van der Waals surface area contributed by atoms with E-state index in [1.165, 1.54) is 29.7 Å². The maximum Gasteiger partial charge on any atom is 0.471 e. The van der Waals surface area contributed by atoms with Gasteiger partial charge in [-0.3, -0.25) is 9.59 Å². The van der Waals surface area contributed by atoms with Gasteiger partial charge in [0.2, 0.25) is 0 Å². The Hall–Kier alpha value is -2.38. The normalized spacial score (nSPS) is 13.2. The lowest BCUT2D eigenvalue weighted by Gasteiger charge is -2.24. The van der Waals surface area contributed by atoms with Gasteiger partial charge < -0.3 is 9.30 Å². The molecule has 0 spiro atoms. The second-order valence-corrected chi connectivity index (χ2v) is 4.82. The van der Waals surface area contributed by atoms with Crippen LogP contribution in [0.25, 0.3) is 5.52 Å². The van der Waals surface area contributed by atoms with E-state index >= 15 is 0 Å². The number of likely N-dealkylation sites (N-methyl/N-ethyl adjacent to an activating group) is 1. The number of aromatic nitrogens is 1. The number of hydrogen-bond donors (Lipinski definition) is 0. The van der Waals surface area contributed by atoms with Crippen LogP contribution in [0.1, 0.15) is 17.3 Å². The molecule has 2 aromatic rings. The molecule has 1 atom stereocenters. The molecular formula is C14H12F4N2O2. The first kappa shape index (κ1) is 16.0. The van der Waals surface area contributed by atoms with Crippen molar-refractivity contribution in [3.8, 4) is 0 Å². The minimum Gasteiger partial charge on any atom is -0.328 e. The standard InChI is InChI=1S/C14H12F4N2O2/c1-8(19(2)13(22)14(16,17)18)12(21)10-5-6-20-7-9(15)3-4-11(10)20/h3-8H,1-2H3. The van der Waals surface area contributed by atoms with Crippen LogP contribution in [0.15, 0.2) is 30.6 Å². The molecule has 0 saturated heterocycles. The van der Waals surface area contributed by atoms with E-state index in [9.17, 15) is 27.2 Å². The van der Waals surface area contributed by atoms with Crippen molar-refractivity contribution in [2.75, 3.05) is 7.05 Å². The van der Waals surface area contributed by atoms with Crippen molar-refractivity contribution in [3.63, 3.8) is 0 Å². The maximum atomic E-state index is 13.1. The molecule has 1 unspecified atom stereocenters. The molecule has 0 aliphatic rings. The minimum absolute atomic E-state index is 0.120. The van der Waals surface area contributed by atoms with Crippen LogP contribution >= 0.6 is 0 Å². The summed E-state index contributed by atoms with van der Waals surface area (Å²) in [5.41, 5.74) is 0.473. The molecule has 0 bridgehead atoms. The SMILES string of the molecule is CC(C(=O)c1ccn2cc(F)ccc12)N(C)C(=O)C(F)(F)F. The Morgan fingerprint density at radius 1 is 1.23 bits per heavy atom. The Bertz CT molecular complexity index is 736. The Labute approximate surface area is 122 Å². The lowest BCUT2D eigenvalue weighted by Crippen LogP contribution is -2.46. The minimum atomic E-state index is -5.05. The van der Waals surface area contributed by atoms with Crippen molar-refractivity contribution in [1.82, 2.24) is 9.30 Å². The predicted molar refractivity (Wildman–Crippen MR) is 70.0 cm³/mol. The fourth-order valence-corrected chi connectivity index (χ4v) is 2.07. The highest BCUT2D eigenvalue weighted by Gasteiger charge is 2.43. The van der Waals surface area contributed by atoms with E-state index in [1.807, 2.05) is 0 Å². The molecule has 0 N–H and O–H groups in total. The second-order valence-electron chi connectivity index (χ2n) is 4.82. The van der Waals surface area contributed by atoms with Crippen LogP contribution in [-0.4, -0.2) is 40.3 Å². The van der Waals surface area contributed by atoms with Crippen LogP contribution in [0.4, 0.5) is 17.6 Å². The van der Waals surface area contributed by atoms with Gasteiger partial charge in [-0.25, -0.2) is 4.39 Å².